The molecule has 2 heterocycles. The molecule has 0 spiro atoms. The first kappa shape index (κ1) is 10.6. The number of amides is 1. The maximum atomic E-state index is 11.2. The van der Waals surface area contributed by atoms with Gasteiger partial charge in [-0.25, -0.2) is 4.79 Å². The molecule has 0 radical (unpaired) electrons. The monoisotopic (exact) mass is 240 g/mol. The minimum atomic E-state index is -1.37. The topological polar surface area (TPSA) is 79.2 Å². The third-order valence-electron chi connectivity index (χ3n) is 1.91. The van der Waals surface area contributed by atoms with Crippen LogP contribution in [0.2, 0.25) is 0 Å². The summed E-state index contributed by atoms with van der Waals surface area (Å²) >= 11 is 1.36. The lowest BCUT2D eigenvalue weighted by atomic mass is 10.5. The average molecular weight is 240 g/mol. The maximum Gasteiger partial charge on any atom is 0.368 e. The fourth-order valence-electron chi connectivity index (χ4n) is 1.23. The van der Waals surface area contributed by atoms with Gasteiger partial charge in [-0.3, -0.25) is 4.79 Å². The zero-order valence-corrected chi connectivity index (χ0v) is 9.10. The number of hydrazone groups is 1. The Kier molecular flexibility index (Phi) is 2.61. The number of aliphatic carboxylic acids is 1. The highest BCUT2D eigenvalue weighted by molar-refractivity contribution is 7.12. The number of thiophene rings is 1. The second kappa shape index (κ2) is 3.93. The van der Waals surface area contributed by atoms with Gasteiger partial charge in [0.1, 0.15) is 0 Å². The molecular weight excluding hydrogens is 232 g/mol. The molecule has 1 N–H and O–H groups in total. The highest BCUT2D eigenvalue weighted by atomic mass is 32.1. The van der Waals surface area contributed by atoms with Crippen LogP contribution in [0.4, 0.5) is 0 Å². The molecule has 0 saturated heterocycles. The van der Waals surface area contributed by atoms with Crippen LogP contribution in [-0.4, -0.2) is 34.1 Å². The SMILES string of the molecule is CC(=O)N1N=C(c2cccs2)O[C@H]1C(=O)O. The van der Waals surface area contributed by atoms with Crippen molar-refractivity contribution in [1.82, 2.24) is 5.01 Å². The average Bonchev–Trinajstić information content (AvgIpc) is 2.86. The Morgan fingerprint density at radius 1 is 1.62 bits per heavy atom. The summed E-state index contributed by atoms with van der Waals surface area (Å²) in [5.41, 5.74) is 0. The van der Waals surface area contributed by atoms with Gasteiger partial charge in [-0.1, -0.05) is 6.07 Å². The molecular formula is C9H8N2O4S. The quantitative estimate of drug-likeness (QED) is 0.825. The van der Waals surface area contributed by atoms with Gasteiger partial charge in [0.25, 0.3) is 12.1 Å². The van der Waals surface area contributed by atoms with E-state index in [0.717, 1.165) is 5.01 Å². The highest BCUT2D eigenvalue weighted by Gasteiger charge is 2.37. The van der Waals surface area contributed by atoms with Crippen LogP contribution in [0.5, 0.6) is 0 Å². The fraction of sp³-hybridized carbons (Fsp3) is 0.222. The zero-order chi connectivity index (χ0) is 11.7. The van der Waals surface area contributed by atoms with Crippen molar-refractivity contribution >= 4 is 29.1 Å². The van der Waals surface area contributed by atoms with E-state index in [4.69, 9.17) is 9.84 Å². The molecule has 1 amide bonds. The summed E-state index contributed by atoms with van der Waals surface area (Å²) in [6.45, 7) is 1.24. The van der Waals surface area contributed by atoms with Crippen LogP contribution in [0.15, 0.2) is 22.6 Å². The van der Waals surface area contributed by atoms with Crippen molar-refractivity contribution in [3.63, 3.8) is 0 Å². The largest absolute Gasteiger partial charge is 0.477 e. The van der Waals surface area contributed by atoms with Gasteiger partial charge in [0.2, 0.25) is 5.91 Å². The Hall–Kier alpha value is -1.89. The molecule has 0 fully saturated rings. The molecule has 1 aliphatic heterocycles. The van der Waals surface area contributed by atoms with E-state index >= 15 is 0 Å². The number of carbonyl (C=O) groups is 2. The summed E-state index contributed by atoms with van der Waals surface area (Å²) in [5.74, 6) is -1.55. The van der Waals surface area contributed by atoms with E-state index in [1.54, 1.807) is 12.1 Å². The summed E-state index contributed by atoms with van der Waals surface area (Å²) in [5, 5.41) is 15.3. The molecule has 1 atom stereocenters. The molecule has 1 aromatic rings. The third kappa shape index (κ3) is 1.76. The molecule has 0 bridgehead atoms. The molecule has 0 unspecified atom stereocenters. The summed E-state index contributed by atoms with van der Waals surface area (Å²) < 4.78 is 5.11. The van der Waals surface area contributed by atoms with Gasteiger partial charge in [0.05, 0.1) is 4.88 Å². The van der Waals surface area contributed by atoms with Crippen LogP contribution in [0.1, 0.15) is 11.8 Å². The second-order valence-electron chi connectivity index (χ2n) is 3.05. The number of hydrogen-bond donors (Lipinski definition) is 1. The first-order valence-electron chi connectivity index (χ1n) is 4.41. The minimum absolute atomic E-state index is 0.164. The van der Waals surface area contributed by atoms with Crippen molar-refractivity contribution < 1.29 is 19.4 Å². The number of carbonyl (C=O) groups excluding carboxylic acids is 1. The summed E-state index contributed by atoms with van der Waals surface area (Å²) in [4.78, 5) is 22.7. The van der Waals surface area contributed by atoms with Gasteiger partial charge in [0.15, 0.2) is 0 Å². The zero-order valence-electron chi connectivity index (χ0n) is 8.28. The van der Waals surface area contributed by atoms with E-state index in [-0.39, 0.29) is 5.90 Å². The van der Waals surface area contributed by atoms with Crippen LogP contribution in [0.25, 0.3) is 0 Å². The lowest BCUT2D eigenvalue weighted by Crippen LogP contribution is -2.38. The molecule has 16 heavy (non-hydrogen) atoms. The molecule has 0 saturated carbocycles. The molecule has 1 aliphatic rings. The lowest BCUT2D eigenvalue weighted by molar-refractivity contribution is -0.159. The van der Waals surface area contributed by atoms with Crippen molar-refractivity contribution in [2.75, 3.05) is 0 Å². The normalized spacial score (nSPS) is 19.2. The van der Waals surface area contributed by atoms with E-state index < -0.39 is 18.1 Å². The fourth-order valence-corrected chi connectivity index (χ4v) is 1.88. The molecule has 1 aromatic heterocycles. The Labute approximate surface area is 94.7 Å². The van der Waals surface area contributed by atoms with Gasteiger partial charge in [0, 0.05) is 6.92 Å². The number of hydrogen-bond acceptors (Lipinski definition) is 5. The van der Waals surface area contributed by atoms with Gasteiger partial charge in [-0.15, -0.1) is 16.4 Å². The Bertz CT molecular complexity index is 454. The summed E-state index contributed by atoms with van der Waals surface area (Å²) in [7, 11) is 0. The molecule has 6 nitrogen and oxygen atoms in total. The first-order chi connectivity index (χ1) is 7.59. The highest BCUT2D eigenvalue weighted by Crippen LogP contribution is 2.20. The van der Waals surface area contributed by atoms with Gasteiger partial charge < -0.3 is 9.84 Å². The summed E-state index contributed by atoms with van der Waals surface area (Å²) in [6, 6.07) is 3.53. The van der Waals surface area contributed by atoms with Crippen molar-refractivity contribution in [2.45, 2.75) is 13.2 Å². The molecule has 2 rings (SSSR count). The van der Waals surface area contributed by atoms with E-state index in [9.17, 15) is 9.59 Å². The van der Waals surface area contributed by atoms with Crippen molar-refractivity contribution in [1.29, 1.82) is 0 Å². The number of carboxylic acids is 1. The predicted octanol–water partition coefficient (Wildman–Crippen LogP) is 0.699. The van der Waals surface area contributed by atoms with E-state index in [1.165, 1.54) is 18.3 Å². The van der Waals surface area contributed by atoms with E-state index in [0.29, 0.717) is 4.88 Å². The molecule has 0 aliphatic carbocycles. The third-order valence-corrected chi connectivity index (χ3v) is 2.77. The molecule has 84 valence electrons. The van der Waals surface area contributed by atoms with Gasteiger partial charge >= 0.3 is 5.97 Å². The van der Waals surface area contributed by atoms with Crippen LogP contribution in [0.3, 0.4) is 0 Å². The standard InChI is InChI=1S/C9H8N2O4S/c1-5(12)11-8(9(13)14)15-7(10-11)6-3-2-4-16-6/h2-4,8H,1H3,(H,13,14)/t8-/m0/s1. The molecule has 0 aromatic carbocycles. The first-order valence-corrected chi connectivity index (χ1v) is 5.29. The summed E-state index contributed by atoms with van der Waals surface area (Å²) in [6.07, 6.45) is -1.37. The van der Waals surface area contributed by atoms with Crippen LogP contribution in [0, 0.1) is 0 Å². The lowest BCUT2D eigenvalue weighted by Gasteiger charge is -2.13. The van der Waals surface area contributed by atoms with E-state index in [2.05, 4.69) is 5.10 Å². The predicted molar refractivity (Wildman–Crippen MR) is 55.9 cm³/mol. The number of carboxylic acid groups (broad SMARTS) is 1. The maximum absolute atomic E-state index is 11.2. The van der Waals surface area contributed by atoms with Crippen LogP contribution < -0.4 is 0 Å². The minimum Gasteiger partial charge on any atom is -0.477 e. The van der Waals surface area contributed by atoms with Crippen molar-refractivity contribution in [3.8, 4) is 0 Å². The van der Waals surface area contributed by atoms with Crippen molar-refractivity contribution in [2.24, 2.45) is 5.10 Å². The number of rotatable bonds is 2. The molecule has 7 heteroatoms. The Balaban J connectivity index is 2.29. The Morgan fingerprint density at radius 3 is 2.81 bits per heavy atom. The van der Waals surface area contributed by atoms with Crippen molar-refractivity contribution in [3.05, 3.63) is 22.4 Å². The van der Waals surface area contributed by atoms with Gasteiger partial charge in [-0.2, -0.15) is 5.01 Å². The smallest absolute Gasteiger partial charge is 0.368 e. The number of nitrogens with zero attached hydrogens (tertiary/aromatic N) is 2. The van der Waals surface area contributed by atoms with E-state index in [1.807, 2.05) is 5.38 Å². The van der Waals surface area contributed by atoms with Crippen LogP contribution in [-0.2, 0) is 14.3 Å². The number of ether oxygens (including phenoxy) is 1. The van der Waals surface area contributed by atoms with Gasteiger partial charge in [-0.05, 0) is 11.4 Å². The second-order valence-corrected chi connectivity index (χ2v) is 4.00. The Morgan fingerprint density at radius 2 is 2.38 bits per heavy atom. The van der Waals surface area contributed by atoms with Crippen LogP contribution >= 0.6 is 11.3 Å².